The maximum atomic E-state index is 13.3. The molecular weight excluding hydrogens is 438 g/mol. The number of thiophene rings is 1. The van der Waals surface area contributed by atoms with Gasteiger partial charge in [0.1, 0.15) is 5.69 Å². The van der Waals surface area contributed by atoms with Gasteiger partial charge in [-0.05, 0) is 44.2 Å². The Morgan fingerprint density at radius 2 is 1.94 bits per heavy atom. The summed E-state index contributed by atoms with van der Waals surface area (Å²) in [6, 6.07) is 15.6. The zero-order valence-electron chi connectivity index (χ0n) is 17.4. The number of carbonyl (C=O) groups is 1. The monoisotopic (exact) mass is 457 g/mol. The number of carbonyl (C=O) groups excluding carboxylic acids is 1. The summed E-state index contributed by atoms with van der Waals surface area (Å²) in [5.74, 6) is -0.259. The zero-order valence-corrected chi connectivity index (χ0v) is 19.1. The largest absolute Gasteiger partial charge is 0.298 e. The van der Waals surface area contributed by atoms with Crippen LogP contribution in [-0.4, -0.2) is 25.7 Å². The number of nitrogens with one attached hydrogen (secondary N) is 1. The van der Waals surface area contributed by atoms with Crippen molar-refractivity contribution in [1.29, 1.82) is 0 Å². The second-order valence-corrected chi connectivity index (χ2v) is 9.55. The maximum absolute atomic E-state index is 13.3. The van der Waals surface area contributed by atoms with Crippen LogP contribution in [0.15, 0.2) is 72.5 Å². The minimum absolute atomic E-state index is 0.259. The molecule has 158 valence electrons. The average molecular weight is 458 g/mol. The highest BCUT2D eigenvalue weighted by atomic mass is 32.1. The van der Waals surface area contributed by atoms with E-state index >= 15 is 0 Å². The number of amides is 1. The van der Waals surface area contributed by atoms with Crippen LogP contribution in [-0.2, 0) is 0 Å². The third-order valence-electron chi connectivity index (χ3n) is 4.96. The minimum atomic E-state index is -0.259. The SMILES string of the molecule is Cc1cc(-c2csc(NC(=O)c3cn(-c4ccccc4)nc3-c3cccnc3)n2)c(C)s1. The quantitative estimate of drug-likeness (QED) is 0.352. The molecule has 0 unspecified atom stereocenters. The molecule has 1 amide bonds. The van der Waals surface area contributed by atoms with E-state index in [0.717, 1.165) is 22.5 Å². The lowest BCUT2D eigenvalue weighted by atomic mass is 10.1. The molecule has 0 saturated heterocycles. The normalized spacial score (nSPS) is 10.9. The Hall–Kier alpha value is -3.62. The van der Waals surface area contributed by atoms with E-state index in [1.165, 1.54) is 21.1 Å². The molecule has 4 aromatic heterocycles. The molecule has 1 aromatic carbocycles. The summed E-state index contributed by atoms with van der Waals surface area (Å²) in [4.78, 5) is 24.5. The van der Waals surface area contributed by atoms with Gasteiger partial charge in [-0.25, -0.2) is 9.67 Å². The molecule has 0 aliphatic heterocycles. The number of rotatable bonds is 5. The van der Waals surface area contributed by atoms with Gasteiger partial charge in [0.05, 0.1) is 16.9 Å². The second kappa shape index (κ2) is 8.49. The summed E-state index contributed by atoms with van der Waals surface area (Å²) in [7, 11) is 0. The molecule has 0 aliphatic rings. The molecule has 0 bridgehead atoms. The van der Waals surface area contributed by atoms with Gasteiger partial charge in [-0.3, -0.25) is 15.1 Å². The van der Waals surface area contributed by atoms with Crippen molar-refractivity contribution in [2.24, 2.45) is 0 Å². The van der Waals surface area contributed by atoms with Gasteiger partial charge < -0.3 is 0 Å². The Kier molecular flexibility index (Phi) is 5.38. The maximum Gasteiger partial charge on any atom is 0.261 e. The van der Waals surface area contributed by atoms with Crippen LogP contribution in [0.2, 0.25) is 0 Å². The van der Waals surface area contributed by atoms with Crippen LogP contribution in [0, 0.1) is 13.8 Å². The molecule has 0 saturated carbocycles. The fourth-order valence-electron chi connectivity index (χ4n) is 3.47. The Labute approximate surface area is 193 Å². The molecule has 4 heterocycles. The molecule has 1 N–H and O–H groups in total. The predicted molar refractivity (Wildman–Crippen MR) is 130 cm³/mol. The molecule has 0 spiro atoms. The third kappa shape index (κ3) is 3.98. The van der Waals surface area contributed by atoms with Crippen LogP contribution in [0.1, 0.15) is 20.1 Å². The molecule has 5 aromatic rings. The number of aromatic nitrogens is 4. The van der Waals surface area contributed by atoms with Crippen LogP contribution in [0.3, 0.4) is 0 Å². The summed E-state index contributed by atoms with van der Waals surface area (Å²) >= 11 is 3.16. The van der Waals surface area contributed by atoms with E-state index in [2.05, 4.69) is 40.3 Å². The van der Waals surface area contributed by atoms with Gasteiger partial charge in [-0.2, -0.15) is 5.10 Å². The summed E-state index contributed by atoms with van der Waals surface area (Å²) in [6.45, 7) is 4.17. The van der Waals surface area contributed by atoms with Crippen molar-refractivity contribution in [2.45, 2.75) is 13.8 Å². The second-order valence-electron chi connectivity index (χ2n) is 7.23. The number of hydrogen-bond acceptors (Lipinski definition) is 6. The molecule has 8 heteroatoms. The number of para-hydroxylation sites is 1. The van der Waals surface area contributed by atoms with Gasteiger partial charge in [-0.15, -0.1) is 22.7 Å². The van der Waals surface area contributed by atoms with Gasteiger partial charge in [-0.1, -0.05) is 18.2 Å². The van der Waals surface area contributed by atoms with Crippen molar-refractivity contribution in [2.75, 3.05) is 5.32 Å². The first-order valence-electron chi connectivity index (χ1n) is 9.98. The van der Waals surface area contributed by atoms with Crippen molar-refractivity contribution in [3.05, 3.63) is 87.8 Å². The Morgan fingerprint density at radius 1 is 1.09 bits per heavy atom. The first-order valence-corrected chi connectivity index (χ1v) is 11.7. The van der Waals surface area contributed by atoms with Crippen LogP contribution in [0.25, 0.3) is 28.2 Å². The fraction of sp³-hybridized carbons (Fsp3) is 0.0833. The number of hydrogen-bond donors (Lipinski definition) is 1. The first kappa shape index (κ1) is 20.3. The number of benzene rings is 1. The van der Waals surface area contributed by atoms with Gasteiger partial charge in [0, 0.05) is 44.9 Å². The lowest BCUT2D eigenvalue weighted by molar-refractivity contribution is 0.102. The first-order chi connectivity index (χ1) is 15.6. The highest BCUT2D eigenvalue weighted by Crippen LogP contribution is 2.33. The van der Waals surface area contributed by atoms with E-state index < -0.39 is 0 Å². The van der Waals surface area contributed by atoms with Crippen molar-refractivity contribution in [3.63, 3.8) is 0 Å². The van der Waals surface area contributed by atoms with Gasteiger partial charge in [0.25, 0.3) is 5.91 Å². The highest BCUT2D eigenvalue weighted by molar-refractivity contribution is 7.14. The van der Waals surface area contributed by atoms with E-state index in [-0.39, 0.29) is 5.91 Å². The van der Waals surface area contributed by atoms with Crippen molar-refractivity contribution < 1.29 is 4.79 Å². The van der Waals surface area contributed by atoms with E-state index in [9.17, 15) is 4.79 Å². The summed E-state index contributed by atoms with van der Waals surface area (Å²) < 4.78 is 1.71. The Balaban J connectivity index is 1.48. The van der Waals surface area contributed by atoms with E-state index in [1.807, 2.05) is 47.8 Å². The number of pyridine rings is 1. The molecular formula is C24H19N5OS2. The van der Waals surface area contributed by atoms with Crippen LogP contribution in [0.5, 0.6) is 0 Å². The third-order valence-corrected chi connectivity index (χ3v) is 6.68. The summed E-state index contributed by atoms with van der Waals surface area (Å²) in [5, 5.41) is 10.2. The standard InChI is InChI=1S/C24H19N5OS2/c1-15-11-19(16(2)32-15)21-14-31-24(26-21)27-23(30)20-13-29(18-8-4-3-5-9-18)28-22(20)17-7-6-10-25-12-17/h3-14H,1-2H3,(H,26,27,30). The lowest BCUT2D eigenvalue weighted by Crippen LogP contribution is -2.12. The lowest BCUT2D eigenvalue weighted by Gasteiger charge is -2.02. The topological polar surface area (TPSA) is 72.7 Å². The molecule has 32 heavy (non-hydrogen) atoms. The summed E-state index contributed by atoms with van der Waals surface area (Å²) in [6.07, 6.45) is 5.15. The Morgan fingerprint density at radius 3 is 2.66 bits per heavy atom. The van der Waals surface area contributed by atoms with Crippen LogP contribution < -0.4 is 5.32 Å². The van der Waals surface area contributed by atoms with Crippen LogP contribution >= 0.6 is 22.7 Å². The van der Waals surface area contributed by atoms with Crippen molar-refractivity contribution in [3.8, 4) is 28.2 Å². The molecule has 0 aliphatic carbocycles. The van der Waals surface area contributed by atoms with Crippen molar-refractivity contribution >= 4 is 33.7 Å². The van der Waals surface area contributed by atoms with Gasteiger partial charge in [0.15, 0.2) is 5.13 Å². The molecule has 0 atom stereocenters. The van der Waals surface area contributed by atoms with Crippen LogP contribution in [0.4, 0.5) is 5.13 Å². The molecule has 6 nitrogen and oxygen atoms in total. The zero-order chi connectivity index (χ0) is 22.1. The molecule has 0 radical (unpaired) electrons. The van der Waals surface area contributed by atoms with Crippen molar-refractivity contribution in [1.82, 2.24) is 19.7 Å². The number of anilines is 1. The van der Waals surface area contributed by atoms with E-state index in [4.69, 9.17) is 0 Å². The van der Waals surface area contributed by atoms with E-state index in [0.29, 0.717) is 16.4 Å². The smallest absolute Gasteiger partial charge is 0.261 e. The predicted octanol–water partition coefficient (Wildman–Crippen LogP) is 5.99. The van der Waals surface area contributed by atoms with Gasteiger partial charge in [0.2, 0.25) is 0 Å². The minimum Gasteiger partial charge on any atom is -0.298 e. The molecule has 0 fully saturated rings. The summed E-state index contributed by atoms with van der Waals surface area (Å²) in [5.41, 5.74) is 4.66. The van der Waals surface area contributed by atoms with E-state index in [1.54, 1.807) is 34.6 Å². The fourth-order valence-corrected chi connectivity index (χ4v) is 5.11. The number of thiazole rings is 1. The average Bonchev–Trinajstić information content (AvgIpc) is 3.53. The highest BCUT2D eigenvalue weighted by Gasteiger charge is 2.20. The number of nitrogens with zero attached hydrogens (tertiary/aromatic N) is 4. The Bertz CT molecular complexity index is 1390. The number of aryl methyl sites for hydroxylation is 2. The van der Waals surface area contributed by atoms with Gasteiger partial charge >= 0.3 is 0 Å². The molecule has 5 rings (SSSR count).